The summed E-state index contributed by atoms with van der Waals surface area (Å²) < 4.78 is 0. The Morgan fingerprint density at radius 1 is 1.30 bits per heavy atom. The van der Waals surface area contributed by atoms with Crippen LogP contribution in [0, 0.1) is 13.8 Å². The molecule has 1 atom stereocenters. The zero-order valence-electron chi connectivity index (χ0n) is 12.4. The minimum atomic E-state index is 0.257. The van der Waals surface area contributed by atoms with Crippen molar-refractivity contribution in [1.82, 2.24) is 10.3 Å². The Morgan fingerprint density at radius 3 is 2.65 bits per heavy atom. The highest BCUT2D eigenvalue weighted by Crippen LogP contribution is 2.33. The third-order valence-electron chi connectivity index (χ3n) is 3.97. The highest BCUT2D eigenvalue weighted by molar-refractivity contribution is 7.11. The van der Waals surface area contributed by atoms with Gasteiger partial charge in [-0.15, -0.1) is 11.3 Å². The van der Waals surface area contributed by atoms with Gasteiger partial charge in [0.15, 0.2) is 0 Å². The summed E-state index contributed by atoms with van der Waals surface area (Å²) in [4.78, 5) is 6.24. The average molecular weight is 286 g/mol. The molecule has 1 aliphatic rings. The number of aryl methyl sites for hydroxylation is 3. The fourth-order valence-corrected chi connectivity index (χ4v) is 3.68. The molecule has 0 spiro atoms. The lowest BCUT2D eigenvalue weighted by atomic mass is 10.0. The minimum absolute atomic E-state index is 0.257. The summed E-state index contributed by atoms with van der Waals surface area (Å²) in [6, 6.07) is 9.60. The van der Waals surface area contributed by atoms with Crippen LogP contribution in [0.5, 0.6) is 0 Å². The van der Waals surface area contributed by atoms with E-state index in [1.54, 1.807) is 0 Å². The first-order valence-electron chi connectivity index (χ1n) is 7.46. The van der Waals surface area contributed by atoms with Gasteiger partial charge in [0.05, 0.1) is 11.7 Å². The molecule has 2 aromatic rings. The van der Waals surface area contributed by atoms with E-state index in [1.807, 2.05) is 11.3 Å². The van der Waals surface area contributed by atoms with Crippen molar-refractivity contribution in [2.24, 2.45) is 0 Å². The number of hydrogen-bond acceptors (Lipinski definition) is 3. The van der Waals surface area contributed by atoms with E-state index in [0.717, 1.165) is 6.42 Å². The van der Waals surface area contributed by atoms with Crippen molar-refractivity contribution in [3.05, 3.63) is 51.0 Å². The molecule has 2 nitrogen and oxygen atoms in total. The van der Waals surface area contributed by atoms with Gasteiger partial charge >= 0.3 is 0 Å². The fraction of sp³-hybridized carbons (Fsp3) is 0.471. The first kappa shape index (κ1) is 13.8. The molecule has 106 valence electrons. The Labute approximate surface area is 125 Å². The molecule has 20 heavy (non-hydrogen) atoms. The lowest BCUT2D eigenvalue weighted by Crippen LogP contribution is -2.25. The molecule has 0 amide bonds. The smallest absolute Gasteiger partial charge is 0.115 e. The summed E-state index contributed by atoms with van der Waals surface area (Å²) in [5.74, 6) is 0. The summed E-state index contributed by atoms with van der Waals surface area (Å²) in [6.07, 6.45) is 3.62. The van der Waals surface area contributed by atoms with Gasteiger partial charge in [-0.25, -0.2) is 4.98 Å². The van der Waals surface area contributed by atoms with Gasteiger partial charge in [-0.1, -0.05) is 31.2 Å². The molecule has 1 aromatic carbocycles. The van der Waals surface area contributed by atoms with Crippen molar-refractivity contribution in [2.45, 2.75) is 52.1 Å². The summed E-state index contributed by atoms with van der Waals surface area (Å²) in [5.41, 5.74) is 3.97. The zero-order chi connectivity index (χ0) is 14.1. The third kappa shape index (κ3) is 2.79. The van der Waals surface area contributed by atoms with Gasteiger partial charge in [-0.3, -0.25) is 0 Å². The first-order chi connectivity index (χ1) is 9.69. The van der Waals surface area contributed by atoms with Crippen LogP contribution in [-0.4, -0.2) is 11.0 Å². The van der Waals surface area contributed by atoms with E-state index in [1.165, 1.54) is 39.5 Å². The van der Waals surface area contributed by atoms with Crippen LogP contribution in [0.3, 0.4) is 0 Å². The predicted molar refractivity (Wildman–Crippen MR) is 85.4 cm³/mol. The number of benzene rings is 1. The van der Waals surface area contributed by atoms with Gasteiger partial charge in [0.25, 0.3) is 0 Å². The molecule has 1 unspecified atom stereocenters. The van der Waals surface area contributed by atoms with E-state index >= 15 is 0 Å². The molecule has 3 heteroatoms. The second kappa shape index (κ2) is 5.66. The lowest BCUT2D eigenvalue weighted by Gasteiger charge is -2.18. The standard InChI is InChI=1S/C17H22N2S/c1-4-15-12(3)20-17(19-15)16(18-13-9-10-13)14-8-6-5-7-11(14)2/h5-8,13,16,18H,4,9-10H2,1-3H3. The van der Waals surface area contributed by atoms with Crippen LogP contribution in [0.25, 0.3) is 0 Å². The molecule has 3 rings (SSSR count). The van der Waals surface area contributed by atoms with Gasteiger partial charge in [0, 0.05) is 10.9 Å². The van der Waals surface area contributed by atoms with Crippen molar-refractivity contribution in [1.29, 1.82) is 0 Å². The van der Waals surface area contributed by atoms with Crippen LogP contribution in [-0.2, 0) is 6.42 Å². The molecule has 0 radical (unpaired) electrons. The summed E-state index contributed by atoms with van der Waals surface area (Å²) in [5, 5.41) is 5.00. The third-order valence-corrected chi connectivity index (χ3v) is 5.05. The van der Waals surface area contributed by atoms with E-state index in [4.69, 9.17) is 4.98 Å². The predicted octanol–water partition coefficient (Wildman–Crippen LogP) is 4.16. The molecule has 1 fully saturated rings. The highest BCUT2D eigenvalue weighted by atomic mass is 32.1. The number of rotatable bonds is 5. The average Bonchev–Trinajstić information content (AvgIpc) is 3.19. The SMILES string of the molecule is CCc1nc(C(NC2CC2)c2ccccc2C)sc1C. The van der Waals surface area contributed by atoms with Crippen molar-refractivity contribution >= 4 is 11.3 Å². The maximum Gasteiger partial charge on any atom is 0.115 e. The number of aromatic nitrogens is 1. The van der Waals surface area contributed by atoms with Crippen LogP contribution in [0.1, 0.15) is 52.5 Å². The zero-order valence-corrected chi connectivity index (χ0v) is 13.3. The molecule has 1 heterocycles. The van der Waals surface area contributed by atoms with Gasteiger partial charge in [-0.05, 0) is 44.2 Å². The Bertz CT molecular complexity index is 599. The van der Waals surface area contributed by atoms with Crippen LogP contribution in [0.15, 0.2) is 24.3 Å². The number of hydrogen-bond donors (Lipinski definition) is 1. The summed E-state index contributed by atoms with van der Waals surface area (Å²) in [6.45, 7) is 6.56. The van der Waals surface area contributed by atoms with Gasteiger partial charge in [0.1, 0.15) is 5.01 Å². The summed E-state index contributed by atoms with van der Waals surface area (Å²) >= 11 is 1.85. The molecule has 0 bridgehead atoms. The second-order valence-electron chi connectivity index (χ2n) is 5.64. The quantitative estimate of drug-likeness (QED) is 0.892. The maximum absolute atomic E-state index is 4.88. The van der Waals surface area contributed by atoms with Crippen molar-refractivity contribution < 1.29 is 0 Å². The van der Waals surface area contributed by atoms with E-state index in [9.17, 15) is 0 Å². The molecule has 1 saturated carbocycles. The summed E-state index contributed by atoms with van der Waals surface area (Å²) in [7, 11) is 0. The van der Waals surface area contributed by atoms with Crippen LogP contribution < -0.4 is 5.32 Å². The number of thiazole rings is 1. The van der Waals surface area contributed by atoms with E-state index in [0.29, 0.717) is 6.04 Å². The molecule has 1 N–H and O–H groups in total. The van der Waals surface area contributed by atoms with Gasteiger partial charge in [-0.2, -0.15) is 0 Å². The van der Waals surface area contributed by atoms with E-state index < -0.39 is 0 Å². The molecular formula is C17H22N2S. The largest absolute Gasteiger partial charge is 0.301 e. The first-order valence-corrected chi connectivity index (χ1v) is 8.28. The molecular weight excluding hydrogens is 264 g/mol. The number of nitrogens with zero attached hydrogens (tertiary/aromatic N) is 1. The van der Waals surface area contributed by atoms with Crippen LogP contribution in [0.2, 0.25) is 0 Å². The Hall–Kier alpha value is -1.19. The molecule has 1 aliphatic carbocycles. The van der Waals surface area contributed by atoms with Crippen LogP contribution >= 0.6 is 11.3 Å². The van der Waals surface area contributed by atoms with E-state index in [-0.39, 0.29) is 6.04 Å². The lowest BCUT2D eigenvalue weighted by molar-refractivity contribution is 0.594. The maximum atomic E-state index is 4.88. The monoisotopic (exact) mass is 286 g/mol. The minimum Gasteiger partial charge on any atom is -0.301 e. The molecule has 0 saturated heterocycles. The molecule has 0 aliphatic heterocycles. The van der Waals surface area contributed by atoms with Crippen LogP contribution in [0.4, 0.5) is 0 Å². The van der Waals surface area contributed by atoms with Crippen molar-refractivity contribution in [3.63, 3.8) is 0 Å². The fourth-order valence-electron chi connectivity index (χ4n) is 2.59. The Morgan fingerprint density at radius 2 is 2.05 bits per heavy atom. The van der Waals surface area contributed by atoms with Crippen molar-refractivity contribution in [2.75, 3.05) is 0 Å². The normalized spacial score (nSPS) is 16.4. The Balaban J connectivity index is 1.98. The Kier molecular flexibility index (Phi) is 3.90. The van der Waals surface area contributed by atoms with Crippen molar-refractivity contribution in [3.8, 4) is 0 Å². The number of nitrogens with one attached hydrogen (secondary N) is 1. The molecule has 1 aromatic heterocycles. The highest BCUT2D eigenvalue weighted by Gasteiger charge is 2.28. The van der Waals surface area contributed by atoms with Gasteiger partial charge in [0.2, 0.25) is 0 Å². The van der Waals surface area contributed by atoms with Gasteiger partial charge < -0.3 is 5.32 Å². The van der Waals surface area contributed by atoms with E-state index in [2.05, 4.69) is 50.4 Å². The second-order valence-corrected chi connectivity index (χ2v) is 6.87. The topological polar surface area (TPSA) is 24.9 Å².